The summed E-state index contributed by atoms with van der Waals surface area (Å²) in [7, 11) is 0. The minimum absolute atomic E-state index is 0.0428. The quantitative estimate of drug-likeness (QED) is 0.895. The molecule has 1 N–H and O–H groups in total. The number of aromatic nitrogens is 2. The van der Waals surface area contributed by atoms with E-state index in [4.69, 9.17) is 0 Å². The van der Waals surface area contributed by atoms with E-state index >= 15 is 0 Å². The third-order valence-corrected chi connectivity index (χ3v) is 4.28. The molecule has 2 heterocycles. The first-order valence-corrected chi connectivity index (χ1v) is 7.08. The number of hydrogen-bond donors (Lipinski definition) is 1. The number of aryl methyl sites for hydroxylation is 1. The van der Waals surface area contributed by atoms with Gasteiger partial charge in [-0.25, -0.2) is 0 Å². The fourth-order valence-corrected chi connectivity index (χ4v) is 2.71. The van der Waals surface area contributed by atoms with Crippen molar-refractivity contribution in [3.63, 3.8) is 0 Å². The first-order valence-electron chi connectivity index (χ1n) is 6.31. The molecular weight excluding hydrogens is 250 g/mol. The molecule has 5 nitrogen and oxygen atoms in total. The van der Waals surface area contributed by atoms with E-state index in [1.165, 1.54) is 0 Å². The molecule has 0 atom stereocenters. The lowest BCUT2D eigenvalue weighted by Gasteiger charge is -2.48. The van der Waals surface area contributed by atoms with Crippen LogP contribution in [0.3, 0.4) is 0 Å². The van der Waals surface area contributed by atoms with Gasteiger partial charge in [-0.05, 0) is 23.9 Å². The van der Waals surface area contributed by atoms with E-state index in [-0.39, 0.29) is 11.8 Å². The molecule has 18 heavy (non-hydrogen) atoms. The maximum absolute atomic E-state index is 12.2. The van der Waals surface area contributed by atoms with Gasteiger partial charge in [-0.15, -0.1) is 5.10 Å². The number of β-amino-alcohol motifs (C(OH)–C–C–N with tert-alkyl or cyclic N) is 1. The van der Waals surface area contributed by atoms with Gasteiger partial charge in [0.1, 0.15) is 10.5 Å². The van der Waals surface area contributed by atoms with Crippen LogP contribution in [-0.2, 0) is 6.42 Å². The van der Waals surface area contributed by atoms with Crippen molar-refractivity contribution >= 4 is 17.4 Å². The lowest BCUT2D eigenvalue weighted by atomic mass is 9.83. The second kappa shape index (κ2) is 4.93. The minimum Gasteiger partial charge on any atom is -0.386 e. The topological polar surface area (TPSA) is 66.3 Å². The molecular formula is C12H19N3O2S. The molecule has 0 aromatic carbocycles. The number of nitrogens with zero attached hydrogens (tertiary/aromatic N) is 3. The van der Waals surface area contributed by atoms with Crippen molar-refractivity contribution in [1.29, 1.82) is 0 Å². The summed E-state index contributed by atoms with van der Waals surface area (Å²) >= 11 is 1.15. The molecule has 1 amide bonds. The molecule has 0 saturated carbocycles. The molecule has 1 saturated heterocycles. The summed E-state index contributed by atoms with van der Waals surface area (Å²) < 4.78 is 3.86. The zero-order chi connectivity index (χ0) is 13.3. The Morgan fingerprint density at radius 2 is 2.22 bits per heavy atom. The molecule has 100 valence electrons. The average Bonchev–Trinajstić information content (AvgIpc) is 2.72. The summed E-state index contributed by atoms with van der Waals surface area (Å²) in [6.07, 6.45) is 1.72. The van der Waals surface area contributed by atoms with Crippen LogP contribution in [0.2, 0.25) is 0 Å². The van der Waals surface area contributed by atoms with Crippen molar-refractivity contribution in [2.75, 3.05) is 13.1 Å². The van der Waals surface area contributed by atoms with E-state index < -0.39 is 5.60 Å². The Balaban J connectivity index is 2.04. The highest BCUT2D eigenvalue weighted by Gasteiger charge is 2.46. The molecule has 0 radical (unpaired) electrons. The molecule has 0 aliphatic carbocycles. The number of rotatable bonds is 4. The van der Waals surface area contributed by atoms with Gasteiger partial charge in [0.15, 0.2) is 0 Å². The van der Waals surface area contributed by atoms with Gasteiger partial charge >= 0.3 is 0 Å². The summed E-state index contributed by atoms with van der Waals surface area (Å²) in [6, 6.07) is 0. The van der Waals surface area contributed by atoms with Gasteiger partial charge in [0.2, 0.25) is 0 Å². The van der Waals surface area contributed by atoms with E-state index in [2.05, 4.69) is 16.5 Å². The number of hydrogen-bond acceptors (Lipinski definition) is 5. The van der Waals surface area contributed by atoms with E-state index in [1.54, 1.807) is 4.90 Å². The maximum Gasteiger partial charge on any atom is 0.267 e. The molecule has 6 heteroatoms. The van der Waals surface area contributed by atoms with Crippen LogP contribution in [0.5, 0.6) is 0 Å². The second-order valence-corrected chi connectivity index (χ2v) is 5.97. The highest BCUT2D eigenvalue weighted by Crippen LogP contribution is 2.30. The van der Waals surface area contributed by atoms with Crippen LogP contribution >= 0.6 is 11.5 Å². The van der Waals surface area contributed by atoms with Crippen LogP contribution in [0.15, 0.2) is 0 Å². The Bertz CT molecular complexity index is 438. The Labute approximate surface area is 111 Å². The van der Waals surface area contributed by atoms with Crippen LogP contribution in [0.4, 0.5) is 0 Å². The molecule has 1 fully saturated rings. The Hall–Kier alpha value is -1.01. The SMILES string of the molecule is CCCc1nnsc1C(=O)N1CC(O)(C(C)C)C1. The Morgan fingerprint density at radius 1 is 1.56 bits per heavy atom. The highest BCUT2D eigenvalue weighted by atomic mass is 32.1. The molecule has 1 aromatic heterocycles. The summed E-state index contributed by atoms with van der Waals surface area (Å²) in [6.45, 7) is 6.81. The fraction of sp³-hybridized carbons (Fsp3) is 0.750. The van der Waals surface area contributed by atoms with E-state index in [0.717, 1.165) is 30.1 Å². The predicted octanol–water partition coefficient (Wildman–Crippen LogP) is 1.33. The molecule has 1 aromatic rings. The van der Waals surface area contributed by atoms with Gasteiger partial charge in [-0.2, -0.15) is 0 Å². The van der Waals surface area contributed by atoms with Gasteiger partial charge in [0, 0.05) is 0 Å². The largest absolute Gasteiger partial charge is 0.386 e. The van der Waals surface area contributed by atoms with Crippen molar-refractivity contribution in [2.24, 2.45) is 5.92 Å². The number of carbonyl (C=O) groups is 1. The van der Waals surface area contributed by atoms with Crippen molar-refractivity contribution in [3.8, 4) is 0 Å². The number of likely N-dealkylation sites (tertiary alicyclic amines) is 1. The molecule has 0 spiro atoms. The molecule has 0 unspecified atom stereocenters. The normalized spacial score (nSPS) is 17.9. The Morgan fingerprint density at radius 3 is 2.78 bits per heavy atom. The first-order chi connectivity index (χ1) is 8.48. The summed E-state index contributed by atoms with van der Waals surface area (Å²) in [5, 5.41) is 14.2. The van der Waals surface area contributed by atoms with E-state index in [0.29, 0.717) is 18.0 Å². The zero-order valence-electron chi connectivity index (χ0n) is 11.0. The number of aliphatic hydroxyl groups is 1. The summed E-state index contributed by atoms with van der Waals surface area (Å²) in [4.78, 5) is 14.5. The second-order valence-electron chi connectivity index (χ2n) is 5.22. The van der Waals surface area contributed by atoms with Crippen LogP contribution in [0.25, 0.3) is 0 Å². The van der Waals surface area contributed by atoms with E-state index in [9.17, 15) is 9.90 Å². The van der Waals surface area contributed by atoms with Crippen molar-refractivity contribution < 1.29 is 9.90 Å². The Kier molecular flexibility index (Phi) is 3.68. The van der Waals surface area contributed by atoms with Crippen molar-refractivity contribution in [2.45, 2.75) is 39.2 Å². The fourth-order valence-electron chi connectivity index (χ4n) is 2.04. The molecule has 2 rings (SSSR count). The van der Waals surface area contributed by atoms with Gasteiger partial charge < -0.3 is 10.0 Å². The van der Waals surface area contributed by atoms with Crippen molar-refractivity contribution in [3.05, 3.63) is 10.6 Å². The van der Waals surface area contributed by atoms with Gasteiger partial charge in [-0.1, -0.05) is 31.7 Å². The third kappa shape index (κ3) is 2.27. The van der Waals surface area contributed by atoms with Crippen LogP contribution in [-0.4, -0.2) is 44.2 Å². The monoisotopic (exact) mass is 269 g/mol. The van der Waals surface area contributed by atoms with Crippen LogP contribution in [0, 0.1) is 5.92 Å². The maximum atomic E-state index is 12.2. The molecule has 1 aliphatic rings. The minimum atomic E-state index is -0.724. The zero-order valence-corrected chi connectivity index (χ0v) is 11.8. The summed E-state index contributed by atoms with van der Waals surface area (Å²) in [5.41, 5.74) is 0.0612. The predicted molar refractivity (Wildman–Crippen MR) is 69.6 cm³/mol. The number of amides is 1. The third-order valence-electron chi connectivity index (χ3n) is 3.53. The smallest absolute Gasteiger partial charge is 0.267 e. The van der Waals surface area contributed by atoms with Crippen LogP contribution < -0.4 is 0 Å². The van der Waals surface area contributed by atoms with Crippen molar-refractivity contribution in [1.82, 2.24) is 14.5 Å². The van der Waals surface area contributed by atoms with Gasteiger partial charge in [0.05, 0.1) is 18.8 Å². The van der Waals surface area contributed by atoms with Gasteiger partial charge in [-0.3, -0.25) is 4.79 Å². The van der Waals surface area contributed by atoms with Crippen LogP contribution in [0.1, 0.15) is 42.6 Å². The molecule has 1 aliphatic heterocycles. The summed E-state index contributed by atoms with van der Waals surface area (Å²) in [5.74, 6) is 0.120. The molecule has 0 bridgehead atoms. The van der Waals surface area contributed by atoms with E-state index in [1.807, 2.05) is 13.8 Å². The first kappa shape index (κ1) is 13.4. The van der Waals surface area contributed by atoms with Gasteiger partial charge in [0.25, 0.3) is 5.91 Å². The lowest BCUT2D eigenvalue weighted by molar-refractivity contribution is -0.110. The standard InChI is InChI=1S/C12H19N3O2S/c1-4-5-9-10(18-14-13-9)11(16)15-6-12(17,7-15)8(2)3/h8,17H,4-7H2,1-3H3. The average molecular weight is 269 g/mol. The number of carbonyl (C=O) groups excluding carboxylic acids is 1. The highest BCUT2D eigenvalue weighted by molar-refractivity contribution is 7.08. The lowest BCUT2D eigenvalue weighted by Crippen LogP contribution is -2.65.